The van der Waals surface area contributed by atoms with E-state index >= 15 is 0 Å². The normalized spacial score (nSPS) is 23.2. The molecule has 202 valence electrons. The molecule has 7 nitrogen and oxygen atoms in total. The predicted molar refractivity (Wildman–Crippen MR) is 142 cm³/mol. The van der Waals surface area contributed by atoms with Gasteiger partial charge in [0.25, 0.3) is 0 Å². The first kappa shape index (κ1) is 26.1. The Hall–Kier alpha value is -3.52. The Balaban J connectivity index is 1.27. The molecule has 1 fully saturated rings. The van der Waals surface area contributed by atoms with E-state index < -0.39 is 0 Å². The Morgan fingerprint density at radius 1 is 1.16 bits per heavy atom. The number of hydrogen-bond donors (Lipinski definition) is 0. The Morgan fingerprint density at radius 3 is 2.79 bits per heavy atom. The molecule has 0 saturated carbocycles. The number of hydrogen-bond acceptors (Lipinski definition) is 6. The number of piperidine rings is 1. The molecule has 3 aliphatic rings. The summed E-state index contributed by atoms with van der Waals surface area (Å²) in [5, 5.41) is 0. The Morgan fingerprint density at radius 2 is 2.00 bits per heavy atom. The molecule has 1 saturated heterocycles. The van der Waals surface area contributed by atoms with Gasteiger partial charge in [0.05, 0.1) is 6.61 Å². The van der Waals surface area contributed by atoms with Crippen molar-refractivity contribution in [1.82, 2.24) is 9.80 Å². The first-order chi connectivity index (χ1) is 18.4. The van der Waals surface area contributed by atoms with Gasteiger partial charge in [-0.1, -0.05) is 18.2 Å². The van der Waals surface area contributed by atoms with Crippen LogP contribution in [-0.4, -0.2) is 56.5 Å². The topological polar surface area (TPSA) is 60.5 Å². The van der Waals surface area contributed by atoms with Crippen LogP contribution >= 0.6 is 0 Å². The van der Waals surface area contributed by atoms with Gasteiger partial charge in [0.15, 0.2) is 11.5 Å². The molecule has 0 N–H and O–H groups in total. The molecule has 2 aliphatic heterocycles. The molecule has 1 unspecified atom stereocenters. The van der Waals surface area contributed by atoms with Crippen LogP contribution in [0.1, 0.15) is 31.4 Å². The van der Waals surface area contributed by atoms with Gasteiger partial charge in [0.1, 0.15) is 17.3 Å². The molecule has 1 aliphatic carbocycles. The van der Waals surface area contributed by atoms with Crippen molar-refractivity contribution < 1.29 is 28.1 Å². The maximum atomic E-state index is 13.7. The lowest BCUT2D eigenvalue weighted by Crippen LogP contribution is -2.48. The summed E-state index contributed by atoms with van der Waals surface area (Å²) < 4.78 is 36.5. The maximum absolute atomic E-state index is 13.7. The van der Waals surface area contributed by atoms with Crippen LogP contribution in [-0.2, 0) is 0 Å². The average molecular weight is 523 g/mol. The van der Waals surface area contributed by atoms with Gasteiger partial charge in [-0.15, -0.1) is 0 Å². The van der Waals surface area contributed by atoms with Crippen molar-refractivity contribution in [2.24, 2.45) is 17.8 Å². The van der Waals surface area contributed by atoms with Crippen molar-refractivity contribution in [1.29, 1.82) is 0 Å². The first-order valence-corrected chi connectivity index (χ1v) is 13.2. The standard InChI is InChI=1S/C30H35FN2O5/c1-20(32(2)3)22-5-4-6-26(15-22)38-30(34)33-14-13-27(21-7-9-24(31)10-8-21)23(17-33)18-35-25-11-12-28-29(16-25)37-19-36-28/h4-7,9-12,15-16,20-21,23,27H,8,13-14,17-19H2,1-3H3/t20-,21+,23-,27?/m0/s1. The molecule has 8 heteroatoms. The zero-order valence-electron chi connectivity index (χ0n) is 22.1. The molecule has 1 amide bonds. The summed E-state index contributed by atoms with van der Waals surface area (Å²) in [6.45, 7) is 3.81. The van der Waals surface area contributed by atoms with Crippen LogP contribution in [0.5, 0.6) is 23.0 Å². The predicted octanol–water partition coefficient (Wildman–Crippen LogP) is 5.98. The summed E-state index contributed by atoms with van der Waals surface area (Å²) >= 11 is 0. The number of amides is 1. The van der Waals surface area contributed by atoms with E-state index in [9.17, 15) is 9.18 Å². The monoisotopic (exact) mass is 522 g/mol. The molecule has 2 aromatic rings. The minimum Gasteiger partial charge on any atom is -0.493 e. The highest BCUT2D eigenvalue weighted by molar-refractivity contribution is 5.71. The summed E-state index contributed by atoms with van der Waals surface area (Å²) in [7, 11) is 4.04. The van der Waals surface area contributed by atoms with E-state index in [0.29, 0.717) is 49.1 Å². The molecule has 0 bridgehead atoms. The van der Waals surface area contributed by atoms with Crippen molar-refractivity contribution in [3.8, 4) is 23.0 Å². The quantitative estimate of drug-likeness (QED) is 0.446. The van der Waals surface area contributed by atoms with Crippen LogP contribution in [0.4, 0.5) is 9.18 Å². The van der Waals surface area contributed by atoms with Crippen LogP contribution in [0.25, 0.3) is 0 Å². The number of rotatable bonds is 7. The van der Waals surface area contributed by atoms with Gasteiger partial charge in [0, 0.05) is 31.1 Å². The fourth-order valence-electron chi connectivity index (χ4n) is 5.36. The van der Waals surface area contributed by atoms with Crippen LogP contribution in [0.3, 0.4) is 0 Å². The van der Waals surface area contributed by atoms with E-state index in [1.807, 2.05) is 62.6 Å². The molecular weight excluding hydrogens is 487 g/mol. The number of carbonyl (C=O) groups excluding carboxylic acids is 1. The van der Waals surface area contributed by atoms with E-state index in [4.69, 9.17) is 18.9 Å². The van der Waals surface area contributed by atoms with Crippen LogP contribution in [0.15, 0.2) is 66.5 Å². The van der Waals surface area contributed by atoms with Gasteiger partial charge < -0.3 is 28.7 Å². The van der Waals surface area contributed by atoms with E-state index in [2.05, 4.69) is 11.8 Å². The number of allylic oxidation sites excluding steroid dienone is 4. The molecule has 0 radical (unpaired) electrons. The fourth-order valence-corrected chi connectivity index (χ4v) is 5.36. The molecular formula is C30H35FN2O5. The lowest BCUT2D eigenvalue weighted by atomic mass is 9.74. The van der Waals surface area contributed by atoms with Gasteiger partial charge >= 0.3 is 6.09 Å². The highest BCUT2D eigenvalue weighted by atomic mass is 19.1. The minimum atomic E-state index is -0.365. The molecule has 0 aromatic heterocycles. The van der Waals surface area contributed by atoms with E-state index in [0.717, 1.165) is 12.0 Å². The number of halogens is 1. The van der Waals surface area contributed by atoms with Crippen LogP contribution in [0.2, 0.25) is 0 Å². The average Bonchev–Trinajstić information content (AvgIpc) is 3.40. The highest BCUT2D eigenvalue weighted by Crippen LogP contribution is 2.38. The van der Waals surface area contributed by atoms with E-state index in [1.165, 1.54) is 0 Å². The Labute approximate surface area is 223 Å². The smallest absolute Gasteiger partial charge is 0.415 e. The number of benzene rings is 2. The summed E-state index contributed by atoms with van der Waals surface area (Å²) in [5.41, 5.74) is 1.08. The zero-order valence-corrected chi connectivity index (χ0v) is 22.1. The summed E-state index contributed by atoms with van der Waals surface area (Å²) in [5.74, 6) is 2.88. The maximum Gasteiger partial charge on any atom is 0.415 e. The van der Waals surface area contributed by atoms with Gasteiger partial charge in [-0.2, -0.15) is 0 Å². The molecule has 2 aromatic carbocycles. The second-order valence-electron chi connectivity index (χ2n) is 10.4. The number of likely N-dealkylation sites (tertiary alicyclic amines) is 1. The van der Waals surface area contributed by atoms with Gasteiger partial charge in [-0.05, 0) is 87.7 Å². The first-order valence-electron chi connectivity index (χ1n) is 13.2. The highest BCUT2D eigenvalue weighted by Gasteiger charge is 2.37. The summed E-state index contributed by atoms with van der Waals surface area (Å²) in [6.07, 6.45) is 6.21. The largest absolute Gasteiger partial charge is 0.493 e. The Bertz CT molecular complexity index is 1210. The van der Waals surface area contributed by atoms with Gasteiger partial charge in [0.2, 0.25) is 6.79 Å². The van der Waals surface area contributed by atoms with Crippen molar-refractivity contribution in [2.75, 3.05) is 40.6 Å². The number of nitrogens with zero attached hydrogens (tertiary/aromatic N) is 2. The van der Waals surface area contributed by atoms with Crippen molar-refractivity contribution >= 4 is 6.09 Å². The lowest BCUT2D eigenvalue weighted by Gasteiger charge is -2.41. The number of carbonyl (C=O) groups is 1. The molecule has 2 heterocycles. The van der Waals surface area contributed by atoms with E-state index in [1.54, 1.807) is 17.1 Å². The third-order valence-corrected chi connectivity index (χ3v) is 7.82. The molecule has 38 heavy (non-hydrogen) atoms. The fraction of sp³-hybridized carbons (Fsp3) is 0.433. The Kier molecular flexibility index (Phi) is 7.88. The number of ether oxygens (including phenoxy) is 4. The van der Waals surface area contributed by atoms with Gasteiger partial charge in [-0.3, -0.25) is 0 Å². The van der Waals surface area contributed by atoms with E-state index in [-0.39, 0.29) is 42.5 Å². The summed E-state index contributed by atoms with van der Waals surface area (Å²) in [6, 6.07) is 13.4. The second-order valence-corrected chi connectivity index (χ2v) is 10.4. The van der Waals surface area contributed by atoms with Gasteiger partial charge in [-0.25, -0.2) is 9.18 Å². The SMILES string of the molecule is C[C@@H](c1cccc(OC(=O)N2CCC([C@@H]3C=CC(F)=CC3)[C@H](COc3ccc4c(c3)OCO4)C2)c1)N(C)C. The molecule has 4 atom stereocenters. The number of fused-ring (bicyclic) bond motifs is 1. The zero-order chi connectivity index (χ0) is 26.6. The third-order valence-electron chi connectivity index (χ3n) is 7.82. The van der Waals surface area contributed by atoms with Crippen molar-refractivity contribution in [3.05, 3.63) is 72.1 Å². The third kappa shape index (κ3) is 5.96. The molecule has 5 rings (SSSR count). The molecule has 0 spiro atoms. The lowest BCUT2D eigenvalue weighted by molar-refractivity contribution is 0.0613. The van der Waals surface area contributed by atoms with Crippen molar-refractivity contribution in [3.63, 3.8) is 0 Å². The second kappa shape index (κ2) is 11.5. The minimum absolute atomic E-state index is 0.0473. The van der Waals surface area contributed by atoms with Crippen LogP contribution < -0.4 is 18.9 Å². The van der Waals surface area contributed by atoms with Crippen molar-refractivity contribution in [2.45, 2.75) is 25.8 Å². The van der Waals surface area contributed by atoms with Crippen LogP contribution in [0, 0.1) is 17.8 Å². The summed E-state index contributed by atoms with van der Waals surface area (Å²) in [4.78, 5) is 17.1.